The normalized spacial score (nSPS) is 17.2. The van der Waals surface area contributed by atoms with E-state index in [1.165, 1.54) is 22.7 Å². The summed E-state index contributed by atoms with van der Waals surface area (Å²) >= 11 is 1.17. The van der Waals surface area contributed by atoms with Gasteiger partial charge in [0.1, 0.15) is 4.88 Å². The SMILES string of the molecule is CCc1nnsc1C(=O)N[C@H]1CCc2ccccc21. The van der Waals surface area contributed by atoms with E-state index in [0.29, 0.717) is 4.88 Å². The molecule has 4 nitrogen and oxygen atoms in total. The van der Waals surface area contributed by atoms with Crippen LogP contribution in [0.3, 0.4) is 0 Å². The van der Waals surface area contributed by atoms with Crippen molar-refractivity contribution in [1.82, 2.24) is 14.9 Å². The van der Waals surface area contributed by atoms with E-state index < -0.39 is 0 Å². The van der Waals surface area contributed by atoms with Crippen LogP contribution in [0.5, 0.6) is 0 Å². The highest BCUT2D eigenvalue weighted by Crippen LogP contribution is 2.31. The van der Waals surface area contributed by atoms with Crippen LogP contribution in [0.2, 0.25) is 0 Å². The Kier molecular flexibility index (Phi) is 3.29. The molecular weight excluding hydrogens is 258 g/mol. The fourth-order valence-electron chi connectivity index (χ4n) is 2.54. The minimum Gasteiger partial charge on any atom is -0.344 e. The van der Waals surface area contributed by atoms with Crippen molar-refractivity contribution in [3.8, 4) is 0 Å². The van der Waals surface area contributed by atoms with Crippen molar-refractivity contribution in [2.45, 2.75) is 32.2 Å². The summed E-state index contributed by atoms with van der Waals surface area (Å²) in [6.07, 6.45) is 2.74. The number of aryl methyl sites for hydroxylation is 2. The van der Waals surface area contributed by atoms with Crippen LogP contribution in [-0.4, -0.2) is 15.5 Å². The average Bonchev–Trinajstić information content (AvgIpc) is 3.05. The van der Waals surface area contributed by atoms with Gasteiger partial charge in [0.2, 0.25) is 0 Å². The zero-order valence-electron chi connectivity index (χ0n) is 10.7. The van der Waals surface area contributed by atoms with E-state index in [4.69, 9.17) is 0 Å². The number of hydrogen-bond donors (Lipinski definition) is 1. The molecule has 1 heterocycles. The first-order chi connectivity index (χ1) is 9.29. The minimum absolute atomic E-state index is 0.0476. The van der Waals surface area contributed by atoms with Crippen molar-refractivity contribution < 1.29 is 4.79 Å². The first-order valence-electron chi connectivity index (χ1n) is 6.49. The first kappa shape index (κ1) is 12.3. The van der Waals surface area contributed by atoms with Gasteiger partial charge in [0, 0.05) is 0 Å². The predicted molar refractivity (Wildman–Crippen MR) is 74.3 cm³/mol. The zero-order valence-corrected chi connectivity index (χ0v) is 11.5. The molecule has 0 fully saturated rings. The molecule has 1 aromatic heterocycles. The maximum Gasteiger partial charge on any atom is 0.265 e. The minimum atomic E-state index is -0.0476. The van der Waals surface area contributed by atoms with E-state index in [2.05, 4.69) is 27.0 Å². The molecule has 0 saturated carbocycles. The van der Waals surface area contributed by atoms with Crippen LogP contribution < -0.4 is 5.32 Å². The van der Waals surface area contributed by atoms with E-state index in [1.54, 1.807) is 0 Å². The summed E-state index contributed by atoms with van der Waals surface area (Å²) in [5, 5.41) is 7.09. The van der Waals surface area contributed by atoms with E-state index in [-0.39, 0.29) is 11.9 Å². The van der Waals surface area contributed by atoms with Crippen LogP contribution in [0.1, 0.15) is 45.9 Å². The third-order valence-electron chi connectivity index (χ3n) is 3.54. The van der Waals surface area contributed by atoms with Crippen molar-refractivity contribution in [1.29, 1.82) is 0 Å². The predicted octanol–water partition coefficient (Wildman–Crippen LogP) is 2.52. The summed E-state index contributed by atoms with van der Waals surface area (Å²) in [5.74, 6) is -0.0476. The lowest BCUT2D eigenvalue weighted by atomic mass is 10.1. The second kappa shape index (κ2) is 5.09. The third-order valence-corrected chi connectivity index (χ3v) is 4.30. The number of hydrogen-bond acceptors (Lipinski definition) is 4. The highest BCUT2D eigenvalue weighted by atomic mass is 32.1. The van der Waals surface area contributed by atoms with E-state index >= 15 is 0 Å². The number of rotatable bonds is 3. The van der Waals surface area contributed by atoms with Gasteiger partial charge in [0.15, 0.2) is 0 Å². The molecule has 1 aliphatic carbocycles. The van der Waals surface area contributed by atoms with Gasteiger partial charge >= 0.3 is 0 Å². The quantitative estimate of drug-likeness (QED) is 0.935. The van der Waals surface area contributed by atoms with Crippen LogP contribution in [0.25, 0.3) is 0 Å². The number of fused-ring (bicyclic) bond motifs is 1. The standard InChI is InChI=1S/C14H15N3OS/c1-2-11-13(19-17-16-11)14(18)15-12-8-7-9-5-3-4-6-10(9)12/h3-6,12H,2,7-8H2,1H3,(H,15,18)/t12-/m0/s1. The van der Waals surface area contributed by atoms with Crippen LogP contribution in [0.4, 0.5) is 0 Å². The Labute approximate surface area is 116 Å². The molecule has 1 N–H and O–H groups in total. The molecule has 1 aromatic carbocycles. The monoisotopic (exact) mass is 273 g/mol. The summed E-state index contributed by atoms with van der Waals surface area (Å²) in [7, 11) is 0. The summed E-state index contributed by atoms with van der Waals surface area (Å²) in [6, 6.07) is 8.42. The van der Waals surface area contributed by atoms with E-state index in [1.807, 2.05) is 19.1 Å². The number of carbonyl (C=O) groups excluding carboxylic acids is 1. The Bertz CT molecular complexity index is 608. The van der Waals surface area contributed by atoms with Gasteiger partial charge in [-0.1, -0.05) is 35.7 Å². The molecule has 0 unspecified atom stereocenters. The largest absolute Gasteiger partial charge is 0.344 e. The fraction of sp³-hybridized carbons (Fsp3) is 0.357. The molecule has 0 saturated heterocycles. The average molecular weight is 273 g/mol. The summed E-state index contributed by atoms with van der Waals surface area (Å²) < 4.78 is 3.86. The highest BCUT2D eigenvalue weighted by Gasteiger charge is 2.25. The van der Waals surface area contributed by atoms with E-state index in [9.17, 15) is 4.79 Å². The number of nitrogens with zero attached hydrogens (tertiary/aromatic N) is 2. The van der Waals surface area contributed by atoms with Gasteiger partial charge < -0.3 is 5.32 Å². The van der Waals surface area contributed by atoms with Crippen molar-refractivity contribution >= 4 is 17.4 Å². The number of carbonyl (C=O) groups is 1. The van der Waals surface area contributed by atoms with E-state index in [0.717, 1.165) is 25.0 Å². The Morgan fingerprint density at radius 2 is 2.32 bits per heavy atom. The van der Waals surface area contributed by atoms with Gasteiger partial charge in [-0.25, -0.2) is 0 Å². The fourth-order valence-corrected chi connectivity index (χ4v) is 3.20. The van der Waals surface area contributed by atoms with Crippen molar-refractivity contribution in [2.24, 2.45) is 0 Å². The summed E-state index contributed by atoms with van der Waals surface area (Å²) in [4.78, 5) is 12.9. The Balaban J connectivity index is 1.78. The molecule has 19 heavy (non-hydrogen) atoms. The van der Waals surface area contributed by atoms with Gasteiger partial charge in [0.05, 0.1) is 11.7 Å². The lowest BCUT2D eigenvalue weighted by Crippen LogP contribution is -2.27. The van der Waals surface area contributed by atoms with Crippen molar-refractivity contribution in [3.63, 3.8) is 0 Å². The maximum atomic E-state index is 12.3. The number of nitrogens with one attached hydrogen (secondary N) is 1. The second-order valence-electron chi connectivity index (χ2n) is 4.67. The molecule has 0 spiro atoms. The van der Waals surface area contributed by atoms with Gasteiger partial charge in [-0.05, 0) is 41.9 Å². The molecule has 1 aliphatic rings. The van der Waals surface area contributed by atoms with Gasteiger partial charge in [-0.2, -0.15) is 0 Å². The molecule has 0 aliphatic heterocycles. The Hall–Kier alpha value is -1.75. The number of benzene rings is 1. The maximum absolute atomic E-state index is 12.3. The van der Waals surface area contributed by atoms with Crippen LogP contribution in [0, 0.1) is 0 Å². The Morgan fingerprint density at radius 3 is 3.16 bits per heavy atom. The molecule has 1 atom stereocenters. The van der Waals surface area contributed by atoms with Crippen LogP contribution in [-0.2, 0) is 12.8 Å². The molecule has 0 bridgehead atoms. The second-order valence-corrected chi connectivity index (χ2v) is 5.42. The molecule has 1 amide bonds. The Morgan fingerprint density at radius 1 is 1.47 bits per heavy atom. The smallest absolute Gasteiger partial charge is 0.265 e. The lowest BCUT2D eigenvalue weighted by molar-refractivity contribution is 0.0939. The molecule has 2 aromatic rings. The number of amides is 1. The van der Waals surface area contributed by atoms with Crippen LogP contribution >= 0.6 is 11.5 Å². The topological polar surface area (TPSA) is 54.9 Å². The lowest BCUT2D eigenvalue weighted by Gasteiger charge is -2.13. The van der Waals surface area contributed by atoms with Gasteiger partial charge in [0.25, 0.3) is 5.91 Å². The molecule has 98 valence electrons. The first-order valence-corrected chi connectivity index (χ1v) is 7.26. The molecule has 0 radical (unpaired) electrons. The molecular formula is C14H15N3OS. The van der Waals surface area contributed by atoms with Gasteiger partial charge in [-0.3, -0.25) is 4.79 Å². The number of aromatic nitrogens is 2. The zero-order chi connectivity index (χ0) is 13.2. The third kappa shape index (κ3) is 2.26. The molecule has 5 heteroatoms. The van der Waals surface area contributed by atoms with Crippen molar-refractivity contribution in [3.05, 3.63) is 46.0 Å². The van der Waals surface area contributed by atoms with Gasteiger partial charge in [-0.15, -0.1) is 5.10 Å². The highest BCUT2D eigenvalue weighted by molar-refractivity contribution is 7.08. The van der Waals surface area contributed by atoms with Crippen molar-refractivity contribution in [2.75, 3.05) is 0 Å². The summed E-state index contributed by atoms with van der Waals surface area (Å²) in [6.45, 7) is 1.98. The van der Waals surface area contributed by atoms with Crippen LogP contribution in [0.15, 0.2) is 24.3 Å². The summed E-state index contributed by atoms with van der Waals surface area (Å²) in [5.41, 5.74) is 3.37. The molecule has 3 rings (SSSR count).